The van der Waals surface area contributed by atoms with Gasteiger partial charge in [0, 0.05) is 12.1 Å². The van der Waals surface area contributed by atoms with E-state index in [4.69, 9.17) is 5.73 Å². The molecule has 0 aromatic heterocycles. The predicted octanol–water partition coefficient (Wildman–Crippen LogP) is 2.29. The third-order valence-corrected chi connectivity index (χ3v) is 5.46. The number of hydrogen-bond acceptors (Lipinski definition) is 3. The van der Waals surface area contributed by atoms with Gasteiger partial charge in [-0.3, -0.25) is 0 Å². The van der Waals surface area contributed by atoms with Crippen molar-refractivity contribution in [1.82, 2.24) is 4.72 Å². The van der Waals surface area contributed by atoms with Crippen molar-refractivity contribution in [3.05, 3.63) is 35.4 Å². The molecule has 5 heteroatoms. The molecule has 1 aliphatic rings. The van der Waals surface area contributed by atoms with Crippen LogP contribution in [0.2, 0.25) is 0 Å². The van der Waals surface area contributed by atoms with Gasteiger partial charge in [0.25, 0.3) is 0 Å². The zero-order valence-electron chi connectivity index (χ0n) is 12.1. The van der Waals surface area contributed by atoms with Crippen LogP contribution in [0.3, 0.4) is 0 Å². The Morgan fingerprint density at radius 2 is 1.85 bits per heavy atom. The molecule has 1 saturated carbocycles. The highest BCUT2D eigenvalue weighted by atomic mass is 32.2. The lowest BCUT2D eigenvalue weighted by Crippen LogP contribution is -2.47. The summed E-state index contributed by atoms with van der Waals surface area (Å²) in [5.74, 6) is 0.0242. The van der Waals surface area contributed by atoms with Crippen molar-refractivity contribution in [3.8, 4) is 0 Å². The van der Waals surface area contributed by atoms with Gasteiger partial charge in [-0.1, -0.05) is 43.5 Å². The summed E-state index contributed by atoms with van der Waals surface area (Å²) >= 11 is 0. The van der Waals surface area contributed by atoms with Crippen LogP contribution in [-0.2, 0) is 22.3 Å². The van der Waals surface area contributed by atoms with E-state index < -0.39 is 10.0 Å². The molecule has 0 amide bonds. The van der Waals surface area contributed by atoms with Crippen molar-refractivity contribution in [3.63, 3.8) is 0 Å². The molecule has 0 heterocycles. The molecule has 1 aromatic carbocycles. The molecule has 0 bridgehead atoms. The maximum absolute atomic E-state index is 12.3. The van der Waals surface area contributed by atoms with Crippen LogP contribution in [0.4, 0.5) is 0 Å². The SMILES string of the molecule is CC1(NS(=O)(=O)Cc2cccc(CN)c2)CCCCC1. The van der Waals surface area contributed by atoms with Crippen LogP contribution < -0.4 is 10.5 Å². The Bertz CT molecular complexity index is 549. The summed E-state index contributed by atoms with van der Waals surface area (Å²) in [6, 6.07) is 7.46. The number of benzene rings is 1. The summed E-state index contributed by atoms with van der Waals surface area (Å²) < 4.78 is 27.6. The van der Waals surface area contributed by atoms with Gasteiger partial charge in [-0.05, 0) is 30.9 Å². The molecule has 20 heavy (non-hydrogen) atoms. The zero-order chi connectivity index (χ0) is 14.6. The van der Waals surface area contributed by atoms with E-state index in [1.54, 1.807) is 0 Å². The Morgan fingerprint density at radius 1 is 1.20 bits per heavy atom. The molecule has 0 unspecified atom stereocenters. The topological polar surface area (TPSA) is 72.2 Å². The lowest BCUT2D eigenvalue weighted by atomic mass is 9.84. The molecule has 1 fully saturated rings. The summed E-state index contributed by atoms with van der Waals surface area (Å²) in [7, 11) is -3.31. The lowest BCUT2D eigenvalue weighted by molar-refractivity contribution is 0.294. The van der Waals surface area contributed by atoms with Gasteiger partial charge >= 0.3 is 0 Å². The highest BCUT2D eigenvalue weighted by molar-refractivity contribution is 7.88. The fourth-order valence-corrected chi connectivity index (χ4v) is 4.56. The first-order chi connectivity index (χ1) is 9.42. The Kier molecular flexibility index (Phi) is 4.83. The molecule has 112 valence electrons. The van der Waals surface area contributed by atoms with E-state index in [2.05, 4.69) is 4.72 Å². The normalized spacial score (nSPS) is 18.9. The summed E-state index contributed by atoms with van der Waals surface area (Å²) in [5, 5.41) is 0. The quantitative estimate of drug-likeness (QED) is 0.875. The molecular formula is C15H24N2O2S. The average molecular weight is 296 g/mol. The smallest absolute Gasteiger partial charge is 0.216 e. The fraction of sp³-hybridized carbons (Fsp3) is 0.600. The highest BCUT2D eigenvalue weighted by Crippen LogP contribution is 2.28. The van der Waals surface area contributed by atoms with Crippen LogP contribution >= 0.6 is 0 Å². The van der Waals surface area contributed by atoms with E-state index in [9.17, 15) is 8.42 Å². The molecule has 0 atom stereocenters. The van der Waals surface area contributed by atoms with Crippen LogP contribution in [0.15, 0.2) is 24.3 Å². The maximum Gasteiger partial charge on any atom is 0.216 e. The Morgan fingerprint density at radius 3 is 2.50 bits per heavy atom. The third kappa shape index (κ3) is 4.30. The molecule has 2 rings (SSSR count). The van der Waals surface area contributed by atoms with Crippen LogP contribution in [0.25, 0.3) is 0 Å². The van der Waals surface area contributed by atoms with E-state index in [1.165, 1.54) is 6.42 Å². The molecular weight excluding hydrogens is 272 g/mol. The summed E-state index contributed by atoms with van der Waals surface area (Å²) in [6.45, 7) is 2.44. The van der Waals surface area contributed by atoms with E-state index in [-0.39, 0.29) is 11.3 Å². The van der Waals surface area contributed by atoms with E-state index in [1.807, 2.05) is 31.2 Å². The minimum absolute atomic E-state index is 0.0242. The van der Waals surface area contributed by atoms with Crippen LogP contribution in [0, 0.1) is 0 Å². The van der Waals surface area contributed by atoms with Gasteiger partial charge < -0.3 is 5.73 Å². The first-order valence-corrected chi connectivity index (χ1v) is 8.87. The second-order valence-electron chi connectivity index (χ2n) is 6.01. The molecule has 1 aliphatic carbocycles. The Labute approximate surface area is 121 Å². The van der Waals surface area contributed by atoms with E-state index in [0.29, 0.717) is 6.54 Å². The Balaban J connectivity index is 2.06. The number of hydrogen-bond donors (Lipinski definition) is 2. The summed E-state index contributed by atoms with van der Waals surface area (Å²) in [6.07, 6.45) is 5.25. The lowest BCUT2D eigenvalue weighted by Gasteiger charge is -2.34. The molecule has 1 aromatic rings. The second kappa shape index (κ2) is 6.24. The fourth-order valence-electron chi connectivity index (χ4n) is 2.91. The van der Waals surface area contributed by atoms with Crippen molar-refractivity contribution in [2.24, 2.45) is 5.73 Å². The van der Waals surface area contributed by atoms with Gasteiger partial charge in [0.1, 0.15) is 0 Å². The number of rotatable bonds is 5. The molecule has 0 spiro atoms. The standard InChI is InChI=1S/C15H24N2O2S/c1-15(8-3-2-4-9-15)17-20(18,19)12-14-7-5-6-13(10-14)11-16/h5-7,10,17H,2-4,8-9,11-12,16H2,1H3. The molecule has 3 N–H and O–H groups in total. The summed E-state index contributed by atoms with van der Waals surface area (Å²) in [5.41, 5.74) is 7.06. The molecule has 0 aliphatic heterocycles. The molecule has 4 nitrogen and oxygen atoms in total. The number of nitrogens with two attached hydrogens (primary N) is 1. The first kappa shape index (κ1) is 15.5. The van der Waals surface area contributed by atoms with Gasteiger partial charge in [-0.15, -0.1) is 0 Å². The van der Waals surface area contributed by atoms with Crippen molar-refractivity contribution < 1.29 is 8.42 Å². The molecule has 0 radical (unpaired) electrons. The largest absolute Gasteiger partial charge is 0.326 e. The minimum Gasteiger partial charge on any atom is -0.326 e. The second-order valence-corrected chi connectivity index (χ2v) is 7.73. The van der Waals surface area contributed by atoms with Crippen molar-refractivity contribution >= 4 is 10.0 Å². The third-order valence-electron chi connectivity index (χ3n) is 3.94. The van der Waals surface area contributed by atoms with Crippen molar-refractivity contribution in [2.45, 2.75) is 56.9 Å². The van der Waals surface area contributed by atoms with Crippen molar-refractivity contribution in [1.29, 1.82) is 0 Å². The Hall–Kier alpha value is -0.910. The summed E-state index contributed by atoms with van der Waals surface area (Å²) in [4.78, 5) is 0. The highest BCUT2D eigenvalue weighted by Gasteiger charge is 2.31. The van der Waals surface area contributed by atoms with Gasteiger partial charge in [0.2, 0.25) is 10.0 Å². The number of nitrogens with one attached hydrogen (secondary N) is 1. The average Bonchev–Trinajstić information content (AvgIpc) is 2.37. The van der Waals surface area contributed by atoms with E-state index >= 15 is 0 Å². The minimum atomic E-state index is -3.31. The number of sulfonamides is 1. The maximum atomic E-state index is 12.3. The first-order valence-electron chi connectivity index (χ1n) is 7.22. The van der Waals surface area contributed by atoms with Crippen molar-refractivity contribution in [2.75, 3.05) is 0 Å². The van der Waals surface area contributed by atoms with E-state index in [0.717, 1.165) is 36.8 Å². The predicted molar refractivity (Wildman–Crippen MR) is 81.6 cm³/mol. The van der Waals surface area contributed by atoms with Gasteiger partial charge in [-0.25, -0.2) is 13.1 Å². The van der Waals surface area contributed by atoms with Gasteiger partial charge in [0.05, 0.1) is 5.75 Å². The van der Waals surface area contributed by atoms with Crippen LogP contribution in [-0.4, -0.2) is 14.0 Å². The van der Waals surface area contributed by atoms with Gasteiger partial charge in [-0.2, -0.15) is 0 Å². The zero-order valence-corrected chi connectivity index (χ0v) is 12.9. The monoisotopic (exact) mass is 296 g/mol. The van der Waals surface area contributed by atoms with Crippen LogP contribution in [0.1, 0.15) is 50.2 Å². The molecule has 0 saturated heterocycles. The van der Waals surface area contributed by atoms with Crippen LogP contribution in [0.5, 0.6) is 0 Å². The van der Waals surface area contributed by atoms with Gasteiger partial charge in [0.15, 0.2) is 0 Å².